The van der Waals surface area contributed by atoms with Crippen molar-refractivity contribution < 1.29 is 9.15 Å². The van der Waals surface area contributed by atoms with Crippen molar-refractivity contribution in [2.75, 3.05) is 7.11 Å². The second kappa shape index (κ2) is 5.35. The number of benzene rings is 1. The van der Waals surface area contributed by atoms with Crippen LogP contribution in [0.25, 0.3) is 11.5 Å². The van der Waals surface area contributed by atoms with E-state index in [9.17, 15) is 0 Å². The van der Waals surface area contributed by atoms with Crippen molar-refractivity contribution in [3.8, 4) is 17.2 Å². The van der Waals surface area contributed by atoms with Crippen LogP contribution in [0.2, 0.25) is 0 Å². The van der Waals surface area contributed by atoms with Crippen LogP contribution in [0.4, 0.5) is 0 Å². The van der Waals surface area contributed by atoms with E-state index in [-0.39, 0.29) is 0 Å². The van der Waals surface area contributed by atoms with Gasteiger partial charge in [-0.3, -0.25) is 0 Å². The summed E-state index contributed by atoms with van der Waals surface area (Å²) < 4.78 is 11.9. The number of aromatic nitrogens is 1. The minimum absolute atomic E-state index is 0.594. The molecule has 19 heavy (non-hydrogen) atoms. The number of nitrogens with one attached hydrogen (secondary N) is 1. The molecule has 0 saturated heterocycles. The molecule has 0 bridgehead atoms. The molecule has 0 radical (unpaired) electrons. The van der Waals surface area contributed by atoms with Crippen LogP contribution in [-0.2, 0) is 6.54 Å². The van der Waals surface area contributed by atoms with Crippen molar-refractivity contribution in [3.05, 3.63) is 34.6 Å². The van der Waals surface area contributed by atoms with Gasteiger partial charge in [0.15, 0.2) is 0 Å². The molecule has 1 N–H and O–H groups in total. The van der Waals surface area contributed by atoms with Crippen LogP contribution in [0.1, 0.15) is 18.5 Å². The van der Waals surface area contributed by atoms with E-state index in [1.54, 1.807) is 13.4 Å². The normalized spacial score (nSPS) is 14.6. The maximum Gasteiger partial charge on any atom is 0.229 e. The van der Waals surface area contributed by atoms with Crippen molar-refractivity contribution in [2.45, 2.75) is 25.4 Å². The summed E-state index contributed by atoms with van der Waals surface area (Å²) in [6.07, 6.45) is 4.24. The molecule has 1 aromatic carbocycles. The molecule has 1 saturated carbocycles. The lowest BCUT2D eigenvalue weighted by atomic mass is 10.2. The lowest BCUT2D eigenvalue weighted by Crippen LogP contribution is -2.15. The highest BCUT2D eigenvalue weighted by Crippen LogP contribution is 2.32. The van der Waals surface area contributed by atoms with Gasteiger partial charge < -0.3 is 14.5 Å². The van der Waals surface area contributed by atoms with E-state index in [0.717, 1.165) is 28.0 Å². The molecule has 0 atom stereocenters. The van der Waals surface area contributed by atoms with Gasteiger partial charge in [-0.15, -0.1) is 0 Å². The van der Waals surface area contributed by atoms with Crippen LogP contribution in [0.3, 0.4) is 0 Å². The first kappa shape index (κ1) is 12.7. The number of nitrogens with zero attached hydrogens (tertiary/aromatic N) is 1. The molecule has 5 heteroatoms. The third-order valence-electron chi connectivity index (χ3n) is 3.09. The third kappa shape index (κ3) is 2.98. The van der Waals surface area contributed by atoms with E-state index in [1.807, 2.05) is 18.2 Å². The van der Waals surface area contributed by atoms with Gasteiger partial charge in [-0.2, -0.15) is 0 Å². The van der Waals surface area contributed by atoms with E-state index >= 15 is 0 Å². The molecule has 1 aliphatic rings. The summed E-state index contributed by atoms with van der Waals surface area (Å²) in [4.78, 5) is 4.49. The summed E-state index contributed by atoms with van der Waals surface area (Å²) in [7, 11) is 1.64. The standard InChI is InChI=1S/C14H15BrN2O2/c1-18-13-6-9(15)2-5-12(13)14-17-11(8-19-14)7-16-10-3-4-10/h2,5-6,8,10,16H,3-4,7H2,1H3. The lowest BCUT2D eigenvalue weighted by Gasteiger charge is -2.05. The Labute approximate surface area is 120 Å². The molecule has 3 rings (SSSR count). The Morgan fingerprint density at radius 1 is 1.47 bits per heavy atom. The van der Waals surface area contributed by atoms with E-state index in [0.29, 0.717) is 11.9 Å². The highest BCUT2D eigenvalue weighted by Gasteiger charge is 2.21. The Bertz CT molecular complexity index is 579. The van der Waals surface area contributed by atoms with Crippen molar-refractivity contribution in [2.24, 2.45) is 0 Å². The highest BCUT2D eigenvalue weighted by atomic mass is 79.9. The number of hydrogen-bond donors (Lipinski definition) is 1. The second-order valence-corrected chi connectivity index (χ2v) is 5.56. The minimum Gasteiger partial charge on any atom is -0.496 e. The number of hydrogen-bond acceptors (Lipinski definition) is 4. The predicted molar refractivity (Wildman–Crippen MR) is 76.1 cm³/mol. The second-order valence-electron chi connectivity index (χ2n) is 4.64. The van der Waals surface area contributed by atoms with Gasteiger partial charge in [-0.05, 0) is 31.0 Å². The first-order chi connectivity index (χ1) is 9.26. The number of methoxy groups -OCH3 is 1. The van der Waals surface area contributed by atoms with Gasteiger partial charge in [-0.25, -0.2) is 4.98 Å². The summed E-state index contributed by atoms with van der Waals surface area (Å²) in [6.45, 7) is 0.757. The van der Waals surface area contributed by atoms with Crippen LogP contribution in [0.5, 0.6) is 5.75 Å². The SMILES string of the molecule is COc1cc(Br)ccc1-c1nc(CNC2CC2)co1. The average Bonchev–Trinajstić information content (AvgIpc) is 3.14. The van der Waals surface area contributed by atoms with Gasteiger partial charge in [0, 0.05) is 17.1 Å². The molecule has 100 valence electrons. The van der Waals surface area contributed by atoms with Crippen LogP contribution >= 0.6 is 15.9 Å². The van der Waals surface area contributed by atoms with Crippen LogP contribution < -0.4 is 10.1 Å². The largest absolute Gasteiger partial charge is 0.496 e. The van der Waals surface area contributed by atoms with Crippen molar-refractivity contribution in [1.29, 1.82) is 0 Å². The Kier molecular flexibility index (Phi) is 3.57. The van der Waals surface area contributed by atoms with E-state index in [4.69, 9.17) is 9.15 Å². The molecule has 4 nitrogen and oxygen atoms in total. The molecular weight excluding hydrogens is 308 g/mol. The number of halogens is 1. The number of rotatable bonds is 5. The van der Waals surface area contributed by atoms with Crippen LogP contribution in [-0.4, -0.2) is 18.1 Å². The Morgan fingerprint density at radius 2 is 2.32 bits per heavy atom. The molecule has 0 spiro atoms. The summed E-state index contributed by atoms with van der Waals surface area (Å²) in [5.74, 6) is 1.34. The molecule has 1 aromatic heterocycles. The molecule has 1 fully saturated rings. The quantitative estimate of drug-likeness (QED) is 0.916. The lowest BCUT2D eigenvalue weighted by molar-refractivity contribution is 0.414. The number of oxazole rings is 1. The van der Waals surface area contributed by atoms with Gasteiger partial charge in [-0.1, -0.05) is 15.9 Å². The Balaban J connectivity index is 1.80. The highest BCUT2D eigenvalue weighted by molar-refractivity contribution is 9.10. The van der Waals surface area contributed by atoms with Gasteiger partial charge in [0.1, 0.15) is 12.0 Å². The van der Waals surface area contributed by atoms with E-state index in [1.165, 1.54) is 12.8 Å². The maximum absolute atomic E-state index is 5.54. The zero-order valence-corrected chi connectivity index (χ0v) is 12.2. The third-order valence-corrected chi connectivity index (χ3v) is 3.59. The van der Waals surface area contributed by atoms with Crippen LogP contribution in [0.15, 0.2) is 33.4 Å². The fraction of sp³-hybridized carbons (Fsp3) is 0.357. The zero-order valence-electron chi connectivity index (χ0n) is 10.6. The smallest absolute Gasteiger partial charge is 0.229 e. The van der Waals surface area contributed by atoms with Gasteiger partial charge in [0.05, 0.1) is 18.4 Å². The van der Waals surface area contributed by atoms with Gasteiger partial charge in [0.25, 0.3) is 0 Å². The summed E-state index contributed by atoms with van der Waals surface area (Å²) in [5, 5.41) is 3.41. The summed E-state index contributed by atoms with van der Waals surface area (Å²) in [6, 6.07) is 6.46. The molecule has 2 aromatic rings. The Hall–Kier alpha value is -1.33. The van der Waals surface area contributed by atoms with Gasteiger partial charge >= 0.3 is 0 Å². The maximum atomic E-state index is 5.54. The van der Waals surface area contributed by atoms with Crippen molar-refractivity contribution >= 4 is 15.9 Å². The average molecular weight is 323 g/mol. The molecule has 0 amide bonds. The Morgan fingerprint density at radius 3 is 3.05 bits per heavy atom. The van der Waals surface area contributed by atoms with Gasteiger partial charge in [0.2, 0.25) is 5.89 Å². The molecular formula is C14H15BrN2O2. The predicted octanol–water partition coefficient (Wildman–Crippen LogP) is 3.36. The van der Waals surface area contributed by atoms with Crippen LogP contribution in [0, 0.1) is 0 Å². The zero-order chi connectivity index (χ0) is 13.2. The van der Waals surface area contributed by atoms with E-state index in [2.05, 4.69) is 26.2 Å². The first-order valence-electron chi connectivity index (χ1n) is 6.28. The molecule has 1 aliphatic carbocycles. The molecule has 1 heterocycles. The first-order valence-corrected chi connectivity index (χ1v) is 7.07. The topological polar surface area (TPSA) is 47.3 Å². The molecule has 0 unspecified atom stereocenters. The summed E-state index contributed by atoms with van der Waals surface area (Å²) in [5.41, 5.74) is 1.79. The van der Waals surface area contributed by atoms with Crippen molar-refractivity contribution in [1.82, 2.24) is 10.3 Å². The monoisotopic (exact) mass is 322 g/mol. The number of ether oxygens (including phenoxy) is 1. The van der Waals surface area contributed by atoms with Crippen molar-refractivity contribution in [3.63, 3.8) is 0 Å². The molecule has 0 aliphatic heterocycles. The fourth-order valence-electron chi connectivity index (χ4n) is 1.89. The summed E-state index contributed by atoms with van der Waals surface area (Å²) >= 11 is 3.42. The fourth-order valence-corrected chi connectivity index (χ4v) is 2.23. The minimum atomic E-state index is 0.594. The van der Waals surface area contributed by atoms with E-state index < -0.39 is 0 Å².